The molecular formula is C13H9Br2N5O. The molecule has 0 aliphatic carbocycles. The van der Waals surface area contributed by atoms with Gasteiger partial charge in [0.25, 0.3) is 0 Å². The van der Waals surface area contributed by atoms with Crippen LogP contribution in [0.1, 0.15) is 17.0 Å². The van der Waals surface area contributed by atoms with E-state index in [1.54, 1.807) is 11.0 Å². The van der Waals surface area contributed by atoms with Crippen LogP contribution in [0.15, 0.2) is 33.7 Å². The number of hydrogen-bond donors (Lipinski definition) is 1. The van der Waals surface area contributed by atoms with E-state index in [0.29, 0.717) is 11.0 Å². The van der Waals surface area contributed by atoms with E-state index in [1.807, 2.05) is 22.8 Å². The summed E-state index contributed by atoms with van der Waals surface area (Å²) in [6.07, 6.45) is 2.43. The summed E-state index contributed by atoms with van der Waals surface area (Å²) in [6.45, 7) is -0.0149. The predicted octanol–water partition coefficient (Wildman–Crippen LogP) is 2.37. The summed E-state index contributed by atoms with van der Waals surface area (Å²) in [5.74, 6) is 0. The Morgan fingerprint density at radius 2 is 2.00 bits per heavy atom. The third kappa shape index (κ3) is 1.90. The first kappa shape index (κ1) is 13.2. The number of aromatic nitrogens is 5. The molecule has 21 heavy (non-hydrogen) atoms. The Labute approximate surface area is 136 Å². The van der Waals surface area contributed by atoms with Crippen molar-refractivity contribution >= 4 is 31.9 Å². The summed E-state index contributed by atoms with van der Waals surface area (Å²) in [6, 6.07) is 5.78. The van der Waals surface area contributed by atoms with Crippen LogP contribution >= 0.6 is 31.9 Å². The lowest BCUT2D eigenvalue weighted by Gasteiger charge is -2.11. The molecule has 8 heteroatoms. The van der Waals surface area contributed by atoms with Crippen molar-refractivity contribution < 1.29 is 5.11 Å². The molecule has 3 aromatic rings. The van der Waals surface area contributed by atoms with Crippen molar-refractivity contribution in [2.45, 2.75) is 13.0 Å². The quantitative estimate of drug-likeness (QED) is 0.523. The molecule has 0 saturated heterocycles. The highest BCUT2D eigenvalue weighted by Gasteiger charge is 2.24. The Morgan fingerprint density at radius 3 is 2.81 bits per heavy atom. The highest BCUT2D eigenvalue weighted by Crippen LogP contribution is 2.33. The van der Waals surface area contributed by atoms with E-state index in [4.69, 9.17) is 0 Å². The molecule has 1 N–H and O–H groups in total. The molecule has 0 atom stereocenters. The van der Waals surface area contributed by atoms with Crippen molar-refractivity contribution in [2.75, 3.05) is 0 Å². The van der Waals surface area contributed by atoms with Crippen LogP contribution in [0.5, 0.6) is 0 Å². The topological polar surface area (TPSA) is 68.8 Å². The number of hydrogen-bond acceptors (Lipinski definition) is 4. The third-order valence-electron chi connectivity index (χ3n) is 3.58. The number of nitrogens with zero attached hydrogens (tertiary/aromatic N) is 5. The Morgan fingerprint density at radius 1 is 1.14 bits per heavy atom. The van der Waals surface area contributed by atoms with Gasteiger partial charge in [-0.15, -0.1) is 5.10 Å². The fraction of sp³-hybridized carbons (Fsp3) is 0.154. The fourth-order valence-corrected chi connectivity index (χ4v) is 3.34. The van der Waals surface area contributed by atoms with Crippen LogP contribution in [-0.2, 0) is 13.0 Å². The van der Waals surface area contributed by atoms with Crippen molar-refractivity contribution in [3.63, 3.8) is 0 Å². The molecule has 1 aliphatic rings. The van der Waals surface area contributed by atoms with Crippen LogP contribution in [0.3, 0.4) is 0 Å². The second-order valence-corrected chi connectivity index (χ2v) is 6.25. The van der Waals surface area contributed by atoms with Crippen molar-refractivity contribution in [2.24, 2.45) is 0 Å². The van der Waals surface area contributed by atoms with E-state index in [9.17, 15) is 5.11 Å². The lowest BCUT2D eigenvalue weighted by atomic mass is 10.2. The van der Waals surface area contributed by atoms with E-state index in [0.717, 1.165) is 32.9 Å². The first-order valence-electron chi connectivity index (χ1n) is 6.25. The van der Waals surface area contributed by atoms with Crippen LogP contribution in [0.2, 0.25) is 0 Å². The normalized spacial score (nSPS) is 12.5. The van der Waals surface area contributed by atoms with Crippen LogP contribution in [0.25, 0.3) is 11.4 Å². The Balaban J connectivity index is 2.10. The van der Waals surface area contributed by atoms with E-state index in [2.05, 4.69) is 47.2 Å². The van der Waals surface area contributed by atoms with Crippen molar-refractivity contribution in [3.05, 3.63) is 50.7 Å². The van der Waals surface area contributed by atoms with Crippen molar-refractivity contribution in [1.29, 1.82) is 0 Å². The zero-order valence-corrected chi connectivity index (χ0v) is 13.8. The number of aliphatic hydroxyl groups is 1. The van der Waals surface area contributed by atoms with E-state index < -0.39 is 0 Å². The summed E-state index contributed by atoms with van der Waals surface area (Å²) in [4.78, 5) is 4.33. The summed E-state index contributed by atoms with van der Waals surface area (Å²) in [5.41, 5.74) is 4.64. The molecular weight excluding hydrogens is 402 g/mol. The Bertz CT molecular complexity index is 854. The molecule has 4 rings (SSSR count). The van der Waals surface area contributed by atoms with Gasteiger partial charge in [-0.25, -0.2) is 9.67 Å². The lowest BCUT2D eigenvalue weighted by Crippen LogP contribution is -2.04. The van der Waals surface area contributed by atoms with Gasteiger partial charge in [0.1, 0.15) is 10.9 Å². The largest absolute Gasteiger partial charge is 0.392 e. The van der Waals surface area contributed by atoms with Crippen molar-refractivity contribution in [3.8, 4) is 11.4 Å². The average molecular weight is 411 g/mol. The van der Waals surface area contributed by atoms with Gasteiger partial charge < -0.3 is 5.11 Å². The zero-order valence-electron chi connectivity index (χ0n) is 10.7. The Hall–Kier alpha value is -1.51. The molecule has 3 heterocycles. The maximum Gasteiger partial charge on any atom is 0.152 e. The molecule has 0 fully saturated rings. The predicted molar refractivity (Wildman–Crippen MR) is 82.6 cm³/mol. The van der Waals surface area contributed by atoms with Crippen LogP contribution in [-0.4, -0.2) is 29.7 Å². The SMILES string of the molecule is OCc1ccc2c(c1)-n1nnc(Br)c1Cc1c(Br)ncn1-2. The zero-order chi connectivity index (χ0) is 14.6. The lowest BCUT2D eigenvalue weighted by molar-refractivity contribution is 0.282. The standard InChI is InChI=1S/C13H9Br2N5O/c14-12-10-4-11-13(15)17-18-20(11)9-3-7(5-21)1-2-8(9)19(10)6-16-12/h1-3,6,21H,4-5H2. The molecule has 6 nitrogen and oxygen atoms in total. The van der Waals surface area contributed by atoms with E-state index in [-0.39, 0.29) is 6.61 Å². The maximum atomic E-state index is 9.38. The number of halogens is 2. The average Bonchev–Trinajstić information content (AvgIpc) is 3.00. The van der Waals surface area contributed by atoms with E-state index in [1.165, 1.54) is 0 Å². The number of imidazole rings is 1. The Kier molecular flexibility index (Phi) is 2.98. The second-order valence-electron chi connectivity index (χ2n) is 4.75. The van der Waals surface area contributed by atoms with Crippen LogP contribution < -0.4 is 0 Å². The monoisotopic (exact) mass is 409 g/mol. The number of fused-ring (bicyclic) bond motifs is 5. The van der Waals surface area contributed by atoms with Gasteiger partial charge in [0, 0.05) is 6.42 Å². The molecule has 1 aliphatic heterocycles. The molecule has 0 spiro atoms. The minimum Gasteiger partial charge on any atom is -0.392 e. The molecule has 0 radical (unpaired) electrons. The molecule has 1 aromatic carbocycles. The van der Waals surface area contributed by atoms with Gasteiger partial charge >= 0.3 is 0 Å². The van der Waals surface area contributed by atoms with Gasteiger partial charge in [0.05, 0.1) is 29.4 Å². The summed E-state index contributed by atoms with van der Waals surface area (Å²) in [7, 11) is 0. The number of benzene rings is 1. The molecule has 0 unspecified atom stereocenters. The van der Waals surface area contributed by atoms with Crippen molar-refractivity contribution in [1.82, 2.24) is 24.5 Å². The molecule has 0 amide bonds. The van der Waals surface area contributed by atoms with Gasteiger partial charge in [0.2, 0.25) is 0 Å². The van der Waals surface area contributed by atoms with Gasteiger partial charge in [-0.3, -0.25) is 4.57 Å². The maximum absolute atomic E-state index is 9.38. The second kappa shape index (κ2) is 4.75. The van der Waals surface area contributed by atoms with E-state index >= 15 is 0 Å². The first-order valence-corrected chi connectivity index (χ1v) is 7.84. The van der Waals surface area contributed by atoms with Gasteiger partial charge in [-0.1, -0.05) is 11.3 Å². The summed E-state index contributed by atoms with van der Waals surface area (Å²) in [5, 5.41) is 17.7. The highest BCUT2D eigenvalue weighted by atomic mass is 79.9. The van der Waals surface area contributed by atoms with Gasteiger partial charge in [-0.05, 0) is 49.6 Å². The van der Waals surface area contributed by atoms with Crippen LogP contribution in [0.4, 0.5) is 0 Å². The highest BCUT2D eigenvalue weighted by molar-refractivity contribution is 9.10. The number of rotatable bonds is 1. The fourth-order valence-electron chi connectivity index (χ4n) is 2.54. The first-order chi connectivity index (χ1) is 10.2. The summed E-state index contributed by atoms with van der Waals surface area (Å²) >= 11 is 6.94. The molecule has 106 valence electrons. The van der Waals surface area contributed by atoms with Gasteiger partial charge in [0.15, 0.2) is 4.60 Å². The van der Waals surface area contributed by atoms with Gasteiger partial charge in [-0.2, -0.15) is 0 Å². The minimum absolute atomic E-state index is 0.0149. The van der Waals surface area contributed by atoms with Crippen LogP contribution in [0, 0.1) is 0 Å². The smallest absolute Gasteiger partial charge is 0.152 e. The third-order valence-corrected chi connectivity index (χ3v) is 4.85. The molecule has 0 bridgehead atoms. The molecule has 0 saturated carbocycles. The molecule has 2 aromatic heterocycles. The minimum atomic E-state index is -0.0149. The number of aliphatic hydroxyl groups excluding tert-OH is 1. The summed E-state index contributed by atoms with van der Waals surface area (Å²) < 4.78 is 5.35.